The van der Waals surface area contributed by atoms with Gasteiger partial charge in [0.2, 0.25) is 0 Å². The molecule has 1 aliphatic rings. The zero-order chi connectivity index (χ0) is 9.97. The van der Waals surface area contributed by atoms with Crippen LogP contribution in [0.15, 0.2) is 12.4 Å². The van der Waals surface area contributed by atoms with E-state index in [2.05, 4.69) is 10.4 Å². The summed E-state index contributed by atoms with van der Waals surface area (Å²) in [7, 11) is 0. The minimum atomic E-state index is -0.357. The Morgan fingerprint density at radius 1 is 1.71 bits per heavy atom. The Bertz CT molecular complexity index is 300. The lowest BCUT2D eigenvalue weighted by atomic mass is 10.2. The molecule has 5 heteroatoms. The minimum Gasteiger partial charge on any atom is -0.491 e. The van der Waals surface area contributed by atoms with Gasteiger partial charge in [0.1, 0.15) is 0 Å². The predicted molar refractivity (Wildman–Crippen MR) is 51.3 cm³/mol. The highest BCUT2D eigenvalue weighted by Gasteiger charge is 2.27. The Morgan fingerprint density at radius 2 is 2.57 bits per heavy atom. The Kier molecular flexibility index (Phi) is 2.69. The third kappa shape index (κ3) is 1.73. The van der Waals surface area contributed by atoms with Crippen LogP contribution in [0.5, 0.6) is 5.75 Å². The molecule has 1 fully saturated rings. The van der Waals surface area contributed by atoms with Gasteiger partial charge in [0, 0.05) is 13.1 Å². The van der Waals surface area contributed by atoms with Gasteiger partial charge in [0.05, 0.1) is 31.1 Å². The first-order chi connectivity index (χ1) is 6.81. The van der Waals surface area contributed by atoms with Gasteiger partial charge >= 0.3 is 0 Å². The Hall–Kier alpha value is -1.07. The van der Waals surface area contributed by atoms with E-state index in [4.69, 9.17) is 4.74 Å². The first-order valence-corrected chi connectivity index (χ1v) is 4.87. The molecule has 2 atom stereocenters. The van der Waals surface area contributed by atoms with Crippen molar-refractivity contribution in [3.8, 4) is 5.75 Å². The van der Waals surface area contributed by atoms with E-state index in [1.54, 1.807) is 10.9 Å². The van der Waals surface area contributed by atoms with E-state index in [1.165, 1.54) is 0 Å². The monoisotopic (exact) mass is 197 g/mol. The van der Waals surface area contributed by atoms with Crippen LogP contribution in [0.3, 0.4) is 0 Å². The largest absolute Gasteiger partial charge is 0.491 e. The summed E-state index contributed by atoms with van der Waals surface area (Å²) in [5.41, 5.74) is 0. The van der Waals surface area contributed by atoms with Gasteiger partial charge in [-0.3, -0.25) is 4.68 Å². The maximum Gasteiger partial charge on any atom is 0.157 e. The summed E-state index contributed by atoms with van der Waals surface area (Å²) in [6, 6.07) is 0.0317. The molecule has 0 bridgehead atoms. The zero-order valence-corrected chi connectivity index (χ0v) is 8.18. The van der Waals surface area contributed by atoms with Gasteiger partial charge in [0.15, 0.2) is 5.75 Å². The third-order valence-electron chi connectivity index (χ3n) is 2.38. The highest BCUT2D eigenvalue weighted by Crippen LogP contribution is 2.18. The average molecular weight is 197 g/mol. The number of nitrogens with zero attached hydrogens (tertiary/aromatic N) is 2. The second-order valence-corrected chi connectivity index (χ2v) is 3.38. The fraction of sp³-hybridized carbons (Fsp3) is 0.667. The van der Waals surface area contributed by atoms with Crippen molar-refractivity contribution in [1.82, 2.24) is 15.1 Å². The number of hydrogen-bond donors (Lipinski definition) is 2. The van der Waals surface area contributed by atoms with Crippen LogP contribution in [-0.2, 0) is 0 Å². The van der Waals surface area contributed by atoms with Crippen LogP contribution in [-0.4, -0.2) is 40.7 Å². The summed E-state index contributed by atoms with van der Waals surface area (Å²) in [4.78, 5) is 0. The quantitative estimate of drug-likeness (QED) is 0.703. The van der Waals surface area contributed by atoms with Crippen molar-refractivity contribution in [2.24, 2.45) is 0 Å². The van der Waals surface area contributed by atoms with E-state index >= 15 is 0 Å². The van der Waals surface area contributed by atoms with Gasteiger partial charge in [-0.05, 0) is 6.92 Å². The van der Waals surface area contributed by atoms with E-state index in [0.717, 1.165) is 12.3 Å². The molecule has 0 unspecified atom stereocenters. The molecule has 1 aliphatic heterocycles. The summed E-state index contributed by atoms with van der Waals surface area (Å²) < 4.78 is 7.06. The highest BCUT2D eigenvalue weighted by molar-refractivity contribution is 5.12. The van der Waals surface area contributed by atoms with Crippen molar-refractivity contribution < 1.29 is 9.84 Å². The first kappa shape index (κ1) is 9.48. The number of hydrogen-bond acceptors (Lipinski definition) is 4. The summed E-state index contributed by atoms with van der Waals surface area (Å²) in [6.07, 6.45) is 3.14. The second kappa shape index (κ2) is 3.98. The maximum atomic E-state index is 9.62. The fourth-order valence-corrected chi connectivity index (χ4v) is 1.66. The van der Waals surface area contributed by atoms with Crippen molar-refractivity contribution in [2.75, 3.05) is 19.7 Å². The van der Waals surface area contributed by atoms with Gasteiger partial charge in [-0.15, -0.1) is 0 Å². The van der Waals surface area contributed by atoms with Gasteiger partial charge in [-0.25, -0.2) is 0 Å². The van der Waals surface area contributed by atoms with Gasteiger partial charge < -0.3 is 15.2 Å². The molecule has 1 aromatic rings. The summed E-state index contributed by atoms with van der Waals surface area (Å²) in [5.74, 6) is 0.756. The number of aliphatic hydroxyl groups excluding tert-OH is 1. The lowest BCUT2D eigenvalue weighted by molar-refractivity contribution is 0.144. The maximum absolute atomic E-state index is 9.62. The van der Waals surface area contributed by atoms with E-state index in [9.17, 15) is 5.11 Å². The van der Waals surface area contributed by atoms with Crippen LogP contribution in [0, 0.1) is 0 Å². The second-order valence-electron chi connectivity index (χ2n) is 3.38. The molecular formula is C9H15N3O2. The van der Waals surface area contributed by atoms with E-state index in [1.807, 2.05) is 13.1 Å². The highest BCUT2D eigenvalue weighted by atomic mass is 16.5. The van der Waals surface area contributed by atoms with E-state index < -0.39 is 0 Å². The summed E-state index contributed by atoms with van der Waals surface area (Å²) in [5, 5.41) is 16.9. The van der Waals surface area contributed by atoms with Crippen LogP contribution in [0.2, 0.25) is 0 Å². The van der Waals surface area contributed by atoms with Crippen LogP contribution in [0.4, 0.5) is 0 Å². The molecule has 2 rings (SSSR count). The number of nitrogens with one attached hydrogen (secondary N) is 1. The lowest BCUT2D eigenvalue weighted by Gasteiger charge is -2.12. The first-order valence-electron chi connectivity index (χ1n) is 4.87. The third-order valence-corrected chi connectivity index (χ3v) is 2.38. The summed E-state index contributed by atoms with van der Waals surface area (Å²) >= 11 is 0. The molecule has 2 heterocycles. The van der Waals surface area contributed by atoms with Crippen LogP contribution in [0.1, 0.15) is 13.0 Å². The fourth-order valence-electron chi connectivity index (χ4n) is 1.66. The number of β-amino-alcohol motifs (C(OH)–C–C–N with tert-alkyl or cyclic N) is 1. The Morgan fingerprint density at radius 3 is 3.21 bits per heavy atom. The van der Waals surface area contributed by atoms with Gasteiger partial charge in [-0.1, -0.05) is 0 Å². The molecule has 0 saturated carbocycles. The average Bonchev–Trinajstić information content (AvgIpc) is 2.74. The molecule has 1 saturated heterocycles. The standard InChI is InChI=1S/C9H15N3O2/c1-2-14-7-3-11-12(6-7)8-4-10-5-9(8)13/h3,6,8-10,13H,2,4-5H2,1H3/t8-,9-/m1/s1. The Balaban J connectivity index is 2.08. The molecule has 0 aromatic carbocycles. The van der Waals surface area contributed by atoms with Crippen LogP contribution < -0.4 is 10.1 Å². The van der Waals surface area contributed by atoms with Crippen LogP contribution in [0.25, 0.3) is 0 Å². The Labute approximate surface area is 82.7 Å². The van der Waals surface area contributed by atoms with Gasteiger partial charge in [-0.2, -0.15) is 5.10 Å². The smallest absolute Gasteiger partial charge is 0.157 e. The number of ether oxygens (including phenoxy) is 1. The minimum absolute atomic E-state index is 0.0317. The molecule has 78 valence electrons. The molecule has 2 N–H and O–H groups in total. The number of rotatable bonds is 3. The van der Waals surface area contributed by atoms with E-state index in [-0.39, 0.29) is 12.1 Å². The summed E-state index contributed by atoms with van der Waals surface area (Å²) in [6.45, 7) is 3.96. The topological polar surface area (TPSA) is 59.3 Å². The number of aliphatic hydroxyl groups is 1. The lowest BCUT2D eigenvalue weighted by Crippen LogP contribution is -2.22. The van der Waals surface area contributed by atoms with Crippen molar-refractivity contribution in [1.29, 1.82) is 0 Å². The molecule has 0 aliphatic carbocycles. The van der Waals surface area contributed by atoms with Crippen molar-refractivity contribution >= 4 is 0 Å². The molecule has 1 aromatic heterocycles. The van der Waals surface area contributed by atoms with Crippen molar-refractivity contribution in [3.63, 3.8) is 0 Å². The van der Waals surface area contributed by atoms with Crippen LogP contribution >= 0.6 is 0 Å². The van der Waals surface area contributed by atoms with Crippen molar-refractivity contribution in [3.05, 3.63) is 12.4 Å². The molecular weight excluding hydrogens is 182 g/mol. The number of aromatic nitrogens is 2. The normalized spacial score (nSPS) is 26.7. The molecule has 0 radical (unpaired) electrons. The zero-order valence-electron chi connectivity index (χ0n) is 8.18. The molecule has 0 amide bonds. The molecule has 5 nitrogen and oxygen atoms in total. The SMILES string of the molecule is CCOc1cnn([C@@H]2CNC[C@H]2O)c1. The van der Waals surface area contributed by atoms with E-state index in [0.29, 0.717) is 13.2 Å². The molecule has 0 spiro atoms. The predicted octanol–water partition coefficient (Wildman–Crippen LogP) is -0.213. The van der Waals surface area contributed by atoms with Gasteiger partial charge in [0.25, 0.3) is 0 Å². The van der Waals surface area contributed by atoms with Crippen molar-refractivity contribution in [2.45, 2.75) is 19.1 Å². The molecule has 14 heavy (non-hydrogen) atoms.